The van der Waals surface area contributed by atoms with Gasteiger partial charge in [0, 0.05) is 37.8 Å². The van der Waals surface area contributed by atoms with Crippen molar-refractivity contribution in [3.05, 3.63) is 0 Å². The van der Waals surface area contributed by atoms with Crippen LogP contribution < -0.4 is 5.32 Å². The van der Waals surface area contributed by atoms with Gasteiger partial charge in [-0.2, -0.15) is 0 Å². The molecule has 2 heterocycles. The summed E-state index contributed by atoms with van der Waals surface area (Å²) in [5.74, 6) is 2.59. The maximum Gasteiger partial charge on any atom is 0.0151 e. The lowest BCUT2D eigenvalue weighted by atomic mass is 9.72. The molecular weight excluding hydrogens is 258 g/mol. The molecule has 0 aromatic carbocycles. The molecule has 1 N–H and O–H groups in total. The van der Waals surface area contributed by atoms with Crippen molar-refractivity contribution >= 4 is 0 Å². The van der Waals surface area contributed by atoms with Gasteiger partial charge < -0.3 is 15.1 Å². The van der Waals surface area contributed by atoms with E-state index in [0.717, 1.165) is 35.9 Å². The Morgan fingerprint density at radius 3 is 2.24 bits per heavy atom. The molecule has 0 aromatic rings. The average Bonchev–Trinajstić information content (AvgIpc) is 2.41. The quantitative estimate of drug-likeness (QED) is 0.862. The lowest BCUT2D eigenvalue weighted by molar-refractivity contribution is 0.0164. The van der Waals surface area contributed by atoms with Gasteiger partial charge in [0.2, 0.25) is 0 Å². The molecule has 122 valence electrons. The van der Waals surface area contributed by atoms with Crippen molar-refractivity contribution in [2.75, 3.05) is 33.2 Å². The maximum absolute atomic E-state index is 4.14. The highest BCUT2D eigenvalue weighted by Crippen LogP contribution is 2.36. The molecule has 4 unspecified atom stereocenters. The first-order valence-corrected chi connectivity index (χ1v) is 9.23. The number of rotatable bonds is 3. The first-order chi connectivity index (χ1) is 10.0. The molecule has 2 aliphatic heterocycles. The van der Waals surface area contributed by atoms with Crippen LogP contribution in [0.1, 0.15) is 46.5 Å². The van der Waals surface area contributed by atoms with Crippen LogP contribution in [-0.2, 0) is 0 Å². The maximum atomic E-state index is 4.14. The number of hydrogen-bond acceptors (Lipinski definition) is 3. The number of hydrogen-bond donors (Lipinski definition) is 1. The zero-order chi connectivity index (χ0) is 15.0. The molecule has 4 atom stereocenters. The zero-order valence-corrected chi connectivity index (χ0v) is 14.5. The van der Waals surface area contributed by atoms with Gasteiger partial charge in [0.05, 0.1) is 0 Å². The van der Waals surface area contributed by atoms with Crippen molar-refractivity contribution in [3.63, 3.8) is 0 Å². The van der Waals surface area contributed by atoms with E-state index in [1.165, 1.54) is 51.9 Å². The number of nitrogens with zero attached hydrogens (tertiary/aromatic N) is 2. The van der Waals surface area contributed by atoms with Gasteiger partial charge in [-0.05, 0) is 64.5 Å². The molecule has 0 amide bonds. The second kappa shape index (κ2) is 6.55. The van der Waals surface area contributed by atoms with Crippen molar-refractivity contribution in [2.45, 2.75) is 64.6 Å². The van der Waals surface area contributed by atoms with Gasteiger partial charge in [-0.3, -0.25) is 0 Å². The monoisotopic (exact) mass is 293 g/mol. The molecule has 21 heavy (non-hydrogen) atoms. The Balaban J connectivity index is 1.63. The molecule has 2 bridgehead atoms. The van der Waals surface area contributed by atoms with E-state index in [0.29, 0.717) is 0 Å². The largest absolute Gasteiger partial charge is 0.310 e. The van der Waals surface area contributed by atoms with Crippen LogP contribution in [0.4, 0.5) is 0 Å². The third-order valence-electron chi connectivity index (χ3n) is 6.35. The van der Waals surface area contributed by atoms with Gasteiger partial charge in [0.15, 0.2) is 0 Å². The van der Waals surface area contributed by atoms with Crippen LogP contribution in [0.5, 0.6) is 0 Å². The molecule has 2 saturated heterocycles. The third kappa shape index (κ3) is 3.46. The van der Waals surface area contributed by atoms with E-state index in [9.17, 15) is 0 Å². The highest BCUT2D eigenvalue weighted by atomic mass is 15.2. The second-order valence-electron chi connectivity index (χ2n) is 8.33. The van der Waals surface area contributed by atoms with Crippen LogP contribution in [-0.4, -0.2) is 61.2 Å². The molecule has 1 saturated carbocycles. The minimum atomic E-state index is 0.719. The number of fused-ring (bicyclic) bond motifs is 2. The van der Waals surface area contributed by atoms with Crippen molar-refractivity contribution in [1.29, 1.82) is 0 Å². The Hall–Kier alpha value is -0.120. The average molecular weight is 293 g/mol. The van der Waals surface area contributed by atoms with E-state index in [4.69, 9.17) is 0 Å². The highest BCUT2D eigenvalue weighted by Gasteiger charge is 2.41. The van der Waals surface area contributed by atoms with Crippen LogP contribution in [0.15, 0.2) is 0 Å². The van der Waals surface area contributed by atoms with Crippen LogP contribution in [0.3, 0.4) is 0 Å². The summed E-state index contributed by atoms with van der Waals surface area (Å²) in [6.45, 7) is 12.3. The van der Waals surface area contributed by atoms with Crippen LogP contribution in [0, 0.1) is 17.8 Å². The smallest absolute Gasteiger partial charge is 0.0151 e. The first-order valence-electron chi connectivity index (χ1n) is 9.23. The molecule has 0 spiro atoms. The Morgan fingerprint density at radius 1 is 1.00 bits per heavy atom. The fraction of sp³-hybridized carbons (Fsp3) is 1.00. The Kier molecular flexibility index (Phi) is 4.92. The lowest BCUT2D eigenvalue weighted by Crippen LogP contribution is -2.62. The molecule has 3 aliphatic rings. The van der Waals surface area contributed by atoms with Crippen LogP contribution in [0.25, 0.3) is 0 Å². The van der Waals surface area contributed by atoms with Crippen molar-refractivity contribution in [1.82, 2.24) is 15.1 Å². The minimum Gasteiger partial charge on any atom is -0.310 e. The summed E-state index contributed by atoms with van der Waals surface area (Å²) in [4.78, 5) is 5.22. The SMILES string of the molecule is CC1CN(C)CCC1NC1C2CCCC1CN(C(C)C)C2. The summed E-state index contributed by atoms with van der Waals surface area (Å²) >= 11 is 0. The first kappa shape index (κ1) is 15.8. The standard InChI is InChI=1S/C18H35N3/c1-13(2)21-11-15-6-5-7-16(12-21)18(15)19-17-8-9-20(4)10-14(17)3/h13-19H,5-12H2,1-4H3. The summed E-state index contributed by atoms with van der Waals surface area (Å²) in [6.07, 6.45) is 5.68. The zero-order valence-electron chi connectivity index (χ0n) is 14.5. The van der Waals surface area contributed by atoms with Gasteiger partial charge in [-0.1, -0.05) is 13.3 Å². The summed E-state index contributed by atoms with van der Waals surface area (Å²) in [7, 11) is 2.27. The third-order valence-corrected chi connectivity index (χ3v) is 6.35. The topological polar surface area (TPSA) is 18.5 Å². The Bertz CT molecular complexity index is 329. The van der Waals surface area contributed by atoms with Crippen molar-refractivity contribution in [2.24, 2.45) is 17.8 Å². The van der Waals surface area contributed by atoms with E-state index in [1.54, 1.807) is 0 Å². The Labute approximate surface area is 131 Å². The molecule has 3 fully saturated rings. The van der Waals surface area contributed by atoms with E-state index in [2.05, 4.69) is 42.9 Å². The van der Waals surface area contributed by atoms with E-state index in [-0.39, 0.29) is 0 Å². The van der Waals surface area contributed by atoms with Gasteiger partial charge in [0.25, 0.3) is 0 Å². The summed E-state index contributed by atoms with van der Waals surface area (Å²) in [6, 6.07) is 2.26. The predicted octanol–water partition coefficient (Wildman–Crippen LogP) is 2.43. The highest BCUT2D eigenvalue weighted by molar-refractivity contribution is 4.98. The second-order valence-corrected chi connectivity index (χ2v) is 8.33. The molecule has 3 heteroatoms. The van der Waals surface area contributed by atoms with E-state index in [1.807, 2.05) is 0 Å². The fourth-order valence-corrected chi connectivity index (χ4v) is 5.02. The van der Waals surface area contributed by atoms with Gasteiger partial charge in [0.1, 0.15) is 0 Å². The van der Waals surface area contributed by atoms with Gasteiger partial charge in [-0.25, -0.2) is 0 Å². The summed E-state index contributed by atoms with van der Waals surface area (Å²) in [5, 5.41) is 4.14. The number of piperidine rings is 2. The summed E-state index contributed by atoms with van der Waals surface area (Å²) < 4.78 is 0. The molecule has 3 nitrogen and oxygen atoms in total. The Morgan fingerprint density at radius 2 is 1.67 bits per heavy atom. The normalized spacial score (nSPS) is 42.4. The van der Waals surface area contributed by atoms with E-state index < -0.39 is 0 Å². The lowest BCUT2D eigenvalue weighted by Gasteiger charge is -2.51. The van der Waals surface area contributed by atoms with E-state index >= 15 is 0 Å². The van der Waals surface area contributed by atoms with Crippen LogP contribution in [0.2, 0.25) is 0 Å². The predicted molar refractivity (Wildman–Crippen MR) is 89.5 cm³/mol. The fourth-order valence-electron chi connectivity index (χ4n) is 5.02. The van der Waals surface area contributed by atoms with Gasteiger partial charge in [-0.15, -0.1) is 0 Å². The van der Waals surface area contributed by atoms with Crippen molar-refractivity contribution < 1.29 is 0 Å². The minimum absolute atomic E-state index is 0.719. The number of nitrogens with one attached hydrogen (secondary N) is 1. The molecule has 0 radical (unpaired) electrons. The molecular formula is C18H35N3. The molecule has 3 rings (SSSR count). The molecule has 0 aromatic heterocycles. The van der Waals surface area contributed by atoms with Crippen molar-refractivity contribution in [3.8, 4) is 0 Å². The summed E-state index contributed by atoms with van der Waals surface area (Å²) in [5.41, 5.74) is 0. The molecule has 1 aliphatic carbocycles. The number of likely N-dealkylation sites (tertiary alicyclic amines) is 2. The van der Waals surface area contributed by atoms with Crippen LogP contribution >= 0.6 is 0 Å². The van der Waals surface area contributed by atoms with Gasteiger partial charge >= 0.3 is 0 Å².